The number of amides is 2. The number of methoxy groups -OCH3 is 1. The van der Waals surface area contributed by atoms with Crippen LogP contribution in [0.5, 0.6) is 5.75 Å². The summed E-state index contributed by atoms with van der Waals surface area (Å²) < 4.78 is 15.5. The van der Waals surface area contributed by atoms with E-state index >= 15 is 4.79 Å². The van der Waals surface area contributed by atoms with E-state index in [1.54, 1.807) is 12.0 Å². The Morgan fingerprint density at radius 1 is 1.10 bits per heavy atom. The molecule has 0 unspecified atom stereocenters. The first-order chi connectivity index (χ1) is 23.6. The Bertz CT molecular complexity index is 1880. The fourth-order valence-corrected chi connectivity index (χ4v) is 12.7. The molecule has 1 aromatic heterocycles. The molecule has 12 heteroatoms. The van der Waals surface area contributed by atoms with E-state index in [1.165, 1.54) is 5.19 Å². The zero-order valence-electron chi connectivity index (χ0n) is 28.3. The van der Waals surface area contributed by atoms with Crippen molar-refractivity contribution in [2.75, 3.05) is 30.1 Å². The standard InChI is InChI=1S/C37H42BrN5O5Si/c1-24-35(49(3,4)30-11-9-29(47-2)10-12-30)33(14-17-41-23-27(16-19-44)39-40-41)48-37(24)31-21-26(38)8-13-32(31)43(36(37)46)22-25-6-5-7-28(20-25)42-18-15-34(42)45/h5-13,20-21,23-24,33,35,44H,14-19,22H2,1-4H3/t24-,33+,35-,37+/m0/s1. The molecule has 2 amide bonds. The van der Waals surface area contributed by atoms with Crippen LogP contribution in [0, 0.1) is 5.92 Å². The monoisotopic (exact) mass is 743 g/mol. The van der Waals surface area contributed by atoms with E-state index in [0.29, 0.717) is 38.9 Å². The summed E-state index contributed by atoms with van der Waals surface area (Å²) in [5, 5.41) is 19.2. The number of β-lactam (4-membered cyclic amide) rings is 1. The van der Waals surface area contributed by atoms with Gasteiger partial charge in [-0.2, -0.15) is 0 Å². The second kappa shape index (κ2) is 13.1. The Balaban J connectivity index is 1.27. The average Bonchev–Trinajstić information content (AvgIpc) is 3.73. The first-order valence-corrected chi connectivity index (χ1v) is 20.8. The molecule has 3 aromatic carbocycles. The fraction of sp³-hybridized carbons (Fsp3) is 0.405. The number of carbonyl (C=O) groups is 2. The van der Waals surface area contributed by atoms with Crippen molar-refractivity contribution in [3.8, 4) is 5.75 Å². The summed E-state index contributed by atoms with van der Waals surface area (Å²) in [6.45, 7) is 8.61. The molecule has 7 rings (SSSR count). The normalized spacial score (nSPS) is 23.3. The maximum Gasteiger partial charge on any atom is 0.264 e. The number of fused-ring (bicyclic) bond motifs is 2. The number of aliphatic hydroxyl groups excluding tert-OH is 1. The van der Waals surface area contributed by atoms with Crippen molar-refractivity contribution in [3.63, 3.8) is 0 Å². The SMILES string of the molecule is COc1ccc([Si](C)(C)[C@@H]2[C@@H](CCn3cc(CCO)nn3)O[C@]3(C(=O)N(Cc4cccc(N5CCC5=O)c4)c4ccc(Br)cc43)[C@H]2C)cc1. The summed E-state index contributed by atoms with van der Waals surface area (Å²) in [5.41, 5.74) is 3.18. The molecule has 49 heavy (non-hydrogen) atoms. The molecule has 10 nitrogen and oxygen atoms in total. The van der Waals surface area contributed by atoms with Gasteiger partial charge in [0.25, 0.3) is 5.91 Å². The number of rotatable bonds is 11. The summed E-state index contributed by atoms with van der Waals surface area (Å²) in [6.07, 6.45) is 3.30. The highest BCUT2D eigenvalue weighted by Gasteiger charge is 2.66. The van der Waals surface area contributed by atoms with Crippen LogP contribution in [-0.4, -0.2) is 66.4 Å². The van der Waals surface area contributed by atoms with Crippen molar-refractivity contribution in [2.45, 2.75) is 69.6 Å². The molecule has 0 radical (unpaired) electrons. The van der Waals surface area contributed by atoms with Crippen LogP contribution >= 0.6 is 15.9 Å². The Morgan fingerprint density at radius 3 is 2.59 bits per heavy atom. The molecular formula is C37H42BrN5O5Si. The second-order valence-electron chi connectivity index (χ2n) is 13.9. The van der Waals surface area contributed by atoms with Gasteiger partial charge in [0.05, 0.1) is 39.2 Å². The molecule has 0 saturated carbocycles. The Labute approximate surface area is 296 Å². The van der Waals surface area contributed by atoms with Crippen LogP contribution in [0.4, 0.5) is 11.4 Å². The molecule has 4 heterocycles. The first-order valence-electron chi connectivity index (χ1n) is 16.9. The van der Waals surface area contributed by atoms with Gasteiger partial charge in [0, 0.05) is 60.4 Å². The highest BCUT2D eigenvalue weighted by atomic mass is 79.9. The van der Waals surface area contributed by atoms with Gasteiger partial charge in [-0.05, 0) is 60.0 Å². The van der Waals surface area contributed by atoms with Crippen molar-refractivity contribution in [1.29, 1.82) is 0 Å². The third-order valence-corrected chi connectivity index (χ3v) is 15.7. The number of halogens is 1. The van der Waals surface area contributed by atoms with Crippen molar-refractivity contribution in [3.05, 3.63) is 94.2 Å². The van der Waals surface area contributed by atoms with Gasteiger partial charge >= 0.3 is 0 Å². The van der Waals surface area contributed by atoms with E-state index in [2.05, 4.69) is 64.5 Å². The molecule has 1 N–H and O–H groups in total. The number of hydrogen-bond acceptors (Lipinski definition) is 7. The van der Waals surface area contributed by atoms with Gasteiger partial charge < -0.3 is 24.4 Å². The predicted octanol–water partition coefficient (Wildman–Crippen LogP) is 5.17. The number of aromatic nitrogens is 3. The Kier molecular flexibility index (Phi) is 9.01. The first kappa shape index (κ1) is 33.6. The van der Waals surface area contributed by atoms with Gasteiger partial charge in [0.15, 0.2) is 5.60 Å². The van der Waals surface area contributed by atoms with E-state index < -0.39 is 13.7 Å². The molecule has 2 saturated heterocycles. The van der Waals surface area contributed by atoms with Gasteiger partial charge in [-0.25, -0.2) is 0 Å². The van der Waals surface area contributed by atoms with Crippen molar-refractivity contribution < 1.29 is 24.2 Å². The number of nitrogens with zero attached hydrogens (tertiary/aromatic N) is 5. The van der Waals surface area contributed by atoms with Crippen LogP contribution in [0.25, 0.3) is 0 Å². The van der Waals surface area contributed by atoms with Crippen molar-refractivity contribution in [2.24, 2.45) is 5.92 Å². The third-order valence-electron chi connectivity index (χ3n) is 10.8. The van der Waals surface area contributed by atoms with Crippen LogP contribution in [0.3, 0.4) is 0 Å². The van der Waals surface area contributed by atoms with Crippen LogP contribution in [0.2, 0.25) is 18.6 Å². The van der Waals surface area contributed by atoms with E-state index in [1.807, 2.05) is 64.3 Å². The highest BCUT2D eigenvalue weighted by Crippen LogP contribution is 2.60. The molecule has 4 atom stereocenters. The Morgan fingerprint density at radius 2 is 1.90 bits per heavy atom. The number of anilines is 2. The van der Waals surface area contributed by atoms with Gasteiger partial charge in [0.1, 0.15) is 5.75 Å². The van der Waals surface area contributed by atoms with Gasteiger partial charge in [-0.15, -0.1) is 5.10 Å². The molecule has 2 fully saturated rings. The lowest BCUT2D eigenvalue weighted by Gasteiger charge is -2.37. The summed E-state index contributed by atoms with van der Waals surface area (Å²) in [4.78, 5) is 31.0. The molecule has 256 valence electrons. The zero-order chi connectivity index (χ0) is 34.5. The summed E-state index contributed by atoms with van der Waals surface area (Å²) in [7, 11) is -0.636. The Hall–Kier alpha value is -3.84. The lowest BCUT2D eigenvalue weighted by atomic mass is 9.82. The molecule has 1 spiro atoms. The largest absolute Gasteiger partial charge is 0.497 e. The number of carbonyl (C=O) groups excluding carboxylic acids is 2. The molecule has 0 bridgehead atoms. The van der Waals surface area contributed by atoms with E-state index in [9.17, 15) is 9.90 Å². The summed E-state index contributed by atoms with van der Waals surface area (Å²) >= 11 is 3.70. The molecular weight excluding hydrogens is 702 g/mol. The number of aliphatic hydroxyl groups is 1. The van der Waals surface area contributed by atoms with Crippen molar-refractivity contribution >= 4 is 52.4 Å². The number of hydrogen-bond donors (Lipinski definition) is 1. The smallest absolute Gasteiger partial charge is 0.264 e. The van der Waals surface area contributed by atoms with Gasteiger partial charge in [-0.1, -0.05) is 70.6 Å². The van der Waals surface area contributed by atoms with Gasteiger partial charge in [0.2, 0.25) is 5.91 Å². The molecule has 0 aliphatic carbocycles. The fourth-order valence-electron chi connectivity index (χ4n) is 8.24. The third kappa shape index (κ3) is 5.82. The van der Waals surface area contributed by atoms with E-state index in [0.717, 1.165) is 38.4 Å². The summed E-state index contributed by atoms with van der Waals surface area (Å²) in [6, 6.07) is 22.3. The number of benzene rings is 3. The number of aryl methyl sites for hydroxylation is 1. The van der Waals surface area contributed by atoms with Crippen LogP contribution < -0.4 is 19.7 Å². The number of ether oxygens (including phenoxy) is 2. The summed E-state index contributed by atoms with van der Waals surface area (Å²) in [5.74, 6) is 0.729. The minimum atomic E-state index is -2.31. The minimum absolute atomic E-state index is 0.0163. The minimum Gasteiger partial charge on any atom is -0.497 e. The molecule has 3 aliphatic rings. The molecule has 3 aliphatic heterocycles. The van der Waals surface area contributed by atoms with Gasteiger partial charge in [-0.3, -0.25) is 14.3 Å². The average molecular weight is 745 g/mol. The lowest BCUT2D eigenvalue weighted by Crippen LogP contribution is -2.51. The maximum absolute atomic E-state index is 15.1. The topological polar surface area (TPSA) is 110 Å². The molecule has 4 aromatic rings. The van der Waals surface area contributed by atoms with E-state index in [-0.39, 0.29) is 36.0 Å². The highest BCUT2D eigenvalue weighted by molar-refractivity contribution is 9.10. The second-order valence-corrected chi connectivity index (χ2v) is 19.5. The maximum atomic E-state index is 15.1. The van der Waals surface area contributed by atoms with Crippen LogP contribution in [-0.2, 0) is 39.4 Å². The van der Waals surface area contributed by atoms with Crippen LogP contribution in [0.15, 0.2) is 77.4 Å². The zero-order valence-corrected chi connectivity index (χ0v) is 30.9. The predicted molar refractivity (Wildman–Crippen MR) is 194 cm³/mol. The van der Waals surface area contributed by atoms with Crippen LogP contribution in [0.1, 0.15) is 36.6 Å². The lowest BCUT2D eigenvalue weighted by molar-refractivity contribution is -0.146. The quantitative estimate of drug-likeness (QED) is 0.167. The van der Waals surface area contributed by atoms with E-state index in [4.69, 9.17) is 9.47 Å². The van der Waals surface area contributed by atoms with Crippen molar-refractivity contribution in [1.82, 2.24) is 15.0 Å².